The topological polar surface area (TPSA) is 70.7 Å². The Morgan fingerprint density at radius 2 is 2.12 bits per heavy atom. The normalized spacial score (nSPS) is 19.1. The van der Waals surface area contributed by atoms with Crippen molar-refractivity contribution in [2.24, 2.45) is 5.92 Å². The molecule has 2 N–H and O–H groups in total. The third-order valence-corrected chi connectivity index (χ3v) is 3.51. The highest BCUT2D eigenvalue weighted by molar-refractivity contribution is 5.88. The molecule has 1 aromatic rings. The molecule has 4 nitrogen and oxygen atoms in total. The summed E-state index contributed by atoms with van der Waals surface area (Å²) in [5.41, 5.74) is 0.0771. The largest absolute Gasteiger partial charge is 0.478 e. The number of aromatic carboxylic acids is 1. The zero-order valence-electron chi connectivity index (χ0n) is 9.76. The van der Waals surface area contributed by atoms with E-state index in [2.05, 4.69) is 0 Å². The predicted octanol–water partition coefficient (Wildman–Crippen LogP) is 2.98. The van der Waals surface area contributed by atoms with Crippen LogP contribution in [0.3, 0.4) is 0 Å². The summed E-state index contributed by atoms with van der Waals surface area (Å²) in [6, 6.07) is 1.39. The molecule has 1 unspecified atom stereocenters. The van der Waals surface area contributed by atoms with Crippen molar-refractivity contribution in [3.63, 3.8) is 0 Å². The highest BCUT2D eigenvalue weighted by Crippen LogP contribution is 2.33. The van der Waals surface area contributed by atoms with E-state index in [4.69, 9.17) is 9.52 Å². The van der Waals surface area contributed by atoms with Crippen LogP contribution in [-0.4, -0.2) is 16.2 Å². The average molecular weight is 238 g/mol. The lowest BCUT2D eigenvalue weighted by molar-refractivity contribution is 0.0672. The summed E-state index contributed by atoms with van der Waals surface area (Å²) in [6.45, 7) is 0. The van der Waals surface area contributed by atoms with Gasteiger partial charge in [-0.3, -0.25) is 0 Å². The maximum Gasteiger partial charge on any atom is 0.339 e. The number of carboxylic acids is 1. The van der Waals surface area contributed by atoms with Crippen LogP contribution in [0.15, 0.2) is 16.7 Å². The first-order chi connectivity index (χ1) is 8.18. The van der Waals surface area contributed by atoms with E-state index in [1.54, 1.807) is 0 Å². The molecule has 94 valence electrons. The number of furan rings is 1. The molecule has 1 aliphatic rings. The summed E-state index contributed by atoms with van der Waals surface area (Å²) in [7, 11) is 0. The van der Waals surface area contributed by atoms with Crippen molar-refractivity contribution in [3.05, 3.63) is 23.7 Å². The molecule has 0 aliphatic heterocycles. The Bertz CT molecular complexity index is 377. The second kappa shape index (κ2) is 5.36. The van der Waals surface area contributed by atoms with Crippen LogP contribution in [0.5, 0.6) is 0 Å². The zero-order chi connectivity index (χ0) is 12.3. The van der Waals surface area contributed by atoms with Gasteiger partial charge in [0.05, 0.1) is 6.26 Å². The van der Waals surface area contributed by atoms with Crippen LogP contribution in [0.1, 0.15) is 60.7 Å². The maximum absolute atomic E-state index is 10.9. The van der Waals surface area contributed by atoms with Gasteiger partial charge in [0, 0.05) is 0 Å². The molecular formula is C13H18O4. The van der Waals surface area contributed by atoms with Crippen molar-refractivity contribution in [2.75, 3.05) is 0 Å². The van der Waals surface area contributed by atoms with Crippen molar-refractivity contribution < 1.29 is 19.4 Å². The SMILES string of the molecule is O=C(O)c1ccoc1C(O)CC1CCCCC1. The first-order valence-electron chi connectivity index (χ1n) is 6.17. The van der Waals surface area contributed by atoms with Gasteiger partial charge in [-0.25, -0.2) is 4.79 Å². The Kier molecular flexibility index (Phi) is 3.84. The summed E-state index contributed by atoms with van der Waals surface area (Å²) in [4.78, 5) is 10.9. The highest BCUT2D eigenvalue weighted by Gasteiger charge is 2.24. The Labute approximate surface area is 100 Å². The molecule has 0 spiro atoms. The lowest BCUT2D eigenvalue weighted by Crippen LogP contribution is -2.12. The molecule has 0 saturated heterocycles. The third-order valence-electron chi connectivity index (χ3n) is 3.51. The zero-order valence-corrected chi connectivity index (χ0v) is 9.76. The van der Waals surface area contributed by atoms with Crippen molar-refractivity contribution >= 4 is 5.97 Å². The molecule has 2 rings (SSSR count). The van der Waals surface area contributed by atoms with Crippen molar-refractivity contribution in [1.29, 1.82) is 0 Å². The van der Waals surface area contributed by atoms with E-state index in [-0.39, 0.29) is 11.3 Å². The van der Waals surface area contributed by atoms with Crippen LogP contribution in [0.25, 0.3) is 0 Å². The molecule has 1 aliphatic carbocycles. The summed E-state index contributed by atoms with van der Waals surface area (Å²) < 4.78 is 5.10. The Hall–Kier alpha value is -1.29. The molecule has 1 aromatic heterocycles. The molecule has 1 atom stereocenters. The van der Waals surface area contributed by atoms with E-state index in [9.17, 15) is 9.90 Å². The van der Waals surface area contributed by atoms with E-state index in [1.165, 1.54) is 31.6 Å². The molecule has 1 heterocycles. The van der Waals surface area contributed by atoms with Crippen LogP contribution in [0.4, 0.5) is 0 Å². The van der Waals surface area contributed by atoms with Gasteiger partial charge >= 0.3 is 5.97 Å². The van der Waals surface area contributed by atoms with E-state index < -0.39 is 12.1 Å². The predicted molar refractivity (Wildman–Crippen MR) is 61.8 cm³/mol. The Morgan fingerprint density at radius 1 is 1.41 bits per heavy atom. The van der Waals surface area contributed by atoms with E-state index >= 15 is 0 Å². The van der Waals surface area contributed by atoms with E-state index in [0.29, 0.717) is 12.3 Å². The fourth-order valence-corrected chi connectivity index (χ4v) is 2.60. The molecule has 0 aromatic carbocycles. The lowest BCUT2D eigenvalue weighted by atomic mass is 9.85. The van der Waals surface area contributed by atoms with Gasteiger partial charge in [0.25, 0.3) is 0 Å². The minimum Gasteiger partial charge on any atom is -0.478 e. The number of rotatable bonds is 4. The van der Waals surface area contributed by atoms with Crippen LogP contribution in [0.2, 0.25) is 0 Å². The van der Waals surface area contributed by atoms with Crippen molar-refractivity contribution in [3.8, 4) is 0 Å². The van der Waals surface area contributed by atoms with Gasteiger partial charge in [-0.05, 0) is 18.4 Å². The fraction of sp³-hybridized carbons (Fsp3) is 0.615. The van der Waals surface area contributed by atoms with Crippen LogP contribution in [-0.2, 0) is 0 Å². The quantitative estimate of drug-likeness (QED) is 0.845. The number of aliphatic hydroxyl groups is 1. The minimum atomic E-state index is -1.04. The first kappa shape index (κ1) is 12.2. The maximum atomic E-state index is 10.9. The van der Waals surface area contributed by atoms with Crippen LogP contribution >= 0.6 is 0 Å². The molecule has 0 amide bonds. The molecule has 0 bridgehead atoms. The number of aliphatic hydroxyl groups excluding tert-OH is 1. The summed E-state index contributed by atoms with van der Waals surface area (Å²) in [5.74, 6) is -0.356. The smallest absolute Gasteiger partial charge is 0.339 e. The Morgan fingerprint density at radius 3 is 2.76 bits per heavy atom. The minimum absolute atomic E-state index is 0.0771. The van der Waals surface area contributed by atoms with Gasteiger partial charge in [-0.15, -0.1) is 0 Å². The van der Waals surface area contributed by atoms with Gasteiger partial charge in [-0.1, -0.05) is 32.1 Å². The lowest BCUT2D eigenvalue weighted by Gasteiger charge is -2.23. The number of hydrogen-bond acceptors (Lipinski definition) is 3. The molecule has 1 fully saturated rings. The van der Waals surface area contributed by atoms with Crippen LogP contribution in [0, 0.1) is 5.92 Å². The standard InChI is InChI=1S/C13H18O4/c14-11(8-9-4-2-1-3-5-9)12-10(13(15)16)6-7-17-12/h6-7,9,11,14H,1-5,8H2,(H,15,16). The van der Waals surface area contributed by atoms with Gasteiger partial charge < -0.3 is 14.6 Å². The fourth-order valence-electron chi connectivity index (χ4n) is 2.60. The molecule has 4 heteroatoms. The number of carbonyl (C=O) groups is 1. The van der Waals surface area contributed by atoms with Gasteiger partial charge in [0.2, 0.25) is 0 Å². The molecular weight excluding hydrogens is 220 g/mol. The van der Waals surface area contributed by atoms with E-state index in [1.807, 2.05) is 0 Å². The third kappa shape index (κ3) is 2.88. The number of carboxylic acid groups (broad SMARTS) is 1. The Balaban J connectivity index is 2.00. The van der Waals surface area contributed by atoms with Crippen LogP contribution < -0.4 is 0 Å². The second-order valence-corrected chi connectivity index (χ2v) is 4.76. The van der Waals surface area contributed by atoms with E-state index in [0.717, 1.165) is 12.8 Å². The van der Waals surface area contributed by atoms with Gasteiger partial charge in [-0.2, -0.15) is 0 Å². The molecule has 1 saturated carbocycles. The average Bonchev–Trinajstić information content (AvgIpc) is 2.79. The monoisotopic (exact) mass is 238 g/mol. The summed E-state index contributed by atoms with van der Waals surface area (Å²) in [6.07, 6.45) is 7.08. The summed E-state index contributed by atoms with van der Waals surface area (Å²) >= 11 is 0. The molecule has 0 radical (unpaired) electrons. The van der Waals surface area contributed by atoms with Crippen molar-refractivity contribution in [2.45, 2.75) is 44.6 Å². The van der Waals surface area contributed by atoms with Crippen molar-refractivity contribution in [1.82, 2.24) is 0 Å². The first-order valence-corrected chi connectivity index (χ1v) is 6.17. The summed E-state index contributed by atoms with van der Waals surface area (Å²) in [5, 5.41) is 19.0. The second-order valence-electron chi connectivity index (χ2n) is 4.76. The highest BCUT2D eigenvalue weighted by atomic mass is 16.4. The van der Waals surface area contributed by atoms with Gasteiger partial charge in [0.15, 0.2) is 0 Å². The van der Waals surface area contributed by atoms with Gasteiger partial charge in [0.1, 0.15) is 17.4 Å². The number of hydrogen-bond donors (Lipinski definition) is 2. The molecule has 17 heavy (non-hydrogen) atoms.